The second-order valence-corrected chi connectivity index (χ2v) is 8.18. The number of benzene rings is 2. The second kappa shape index (κ2) is 8.97. The molecular formula is C22H24N2O3S. The first-order valence-electron chi connectivity index (χ1n) is 9.21. The van der Waals surface area contributed by atoms with Gasteiger partial charge in [0.15, 0.2) is 0 Å². The number of amides is 1. The number of oxazole rings is 1. The van der Waals surface area contributed by atoms with Gasteiger partial charge in [0.05, 0.1) is 11.4 Å². The summed E-state index contributed by atoms with van der Waals surface area (Å²) in [6.07, 6.45) is 0.893. The summed E-state index contributed by atoms with van der Waals surface area (Å²) in [6, 6.07) is 15.5. The van der Waals surface area contributed by atoms with Crippen molar-refractivity contribution in [2.24, 2.45) is 0 Å². The molecule has 0 aliphatic carbocycles. The Morgan fingerprint density at radius 1 is 1.14 bits per heavy atom. The Morgan fingerprint density at radius 2 is 1.89 bits per heavy atom. The lowest BCUT2D eigenvalue weighted by atomic mass is 10.1. The Hall–Kier alpha value is -2.73. The Bertz CT molecular complexity index is 993. The van der Waals surface area contributed by atoms with Crippen molar-refractivity contribution in [3.05, 3.63) is 71.1 Å². The molecular weight excluding hydrogens is 372 g/mol. The number of carbonyl (C=O) groups excluding carboxylic acids is 1. The molecule has 5 nitrogen and oxygen atoms in total. The van der Waals surface area contributed by atoms with E-state index in [1.165, 1.54) is 0 Å². The molecule has 0 aliphatic rings. The minimum Gasteiger partial charge on any atom is -0.441 e. The third-order valence-electron chi connectivity index (χ3n) is 4.40. The molecule has 1 amide bonds. The molecule has 0 aliphatic heterocycles. The predicted octanol–water partition coefficient (Wildman–Crippen LogP) is 4.41. The van der Waals surface area contributed by atoms with E-state index in [2.05, 4.69) is 17.2 Å². The third kappa shape index (κ3) is 5.16. The van der Waals surface area contributed by atoms with Crippen LogP contribution in [-0.4, -0.2) is 20.9 Å². The van der Waals surface area contributed by atoms with E-state index in [0.717, 1.165) is 28.8 Å². The Morgan fingerprint density at radius 3 is 2.61 bits per heavy atom. The third-order valence-corrected chi connectivity index (χ3v) is 5.58. The van der Waals surface area contributed by atoms with Crippen LogP contribution in [0, 0.1) is 13.8 Å². The van der Waals surface area contributed by atoms with E-state index in [4.69, 9.17) is 4.42 Å². The van der Waals surface area contributed by atoms with Crippen molar-refractivity contribution < 1.29 is 13.4 Å². The van der Waals surface area contributed by atoms with Gasteiger partial charge in [-0.15, -0.1) is 0 Å². The van der Waals surface area contributed by atoms with E-state index in [1.54, 1.807) is 6.92 Å². The summed E-state index contributed by atoms with van der Waals surface area (Å²) in [4.78, 5) is 16.7. The molecule has 3 aromatic rings. The number of nitrogens with one attached hydrogen (secondary N) is 1. The predicted molar refractivity (Wildman–Crippen MR) is 113 cm³/mol. The summed E-state index contributed by atoms with van der Waals surface area (Å²) < 4.78 is 18.2. The van der Waals surface area contributed by atoms with Gasteiger partial charge in [-0.1, -0.05) is 36.8 Å². The maximum Gasteiger partial charge on any atom is 0.237 e. The quantitative estimate of drug-likeness (QED) is 0.642. The summed E-state index contributed by atoms with van der Waals surface area (Å²) in [7, 11) is -1.37. The van der Waals surface area contributed by atoms with Crippen molar-refractivity contribution in [3.63, 3.8) is 0 Å². The summed E-state index contributed by atoms with van der Waals surface area (Å²) in [5, 5.41) is 2.81. The number of hydrogen-bond donors (Lipinski definition) is 1. The zero-order chi connectivity index (χ0) is 20.1. The van der Waals surface area contributed by atoms with Crippen LogP contribution in [-0.2, 0) is 27.8 Å². The van der Waals surface area contributed by atoms with Crippen molar-refractivity contribution in [3.8, 4) is 11.5 Å². The Kier molecular flexibility index (Phi) is 6.41. The van der Waals surface area contributed by atoms with Gasteiger partial charge < -0.3 is 9.73 Å². The number of aromatic nitrogens is 1. The molecule has 3 rings (SSSR count). The van der Waals surface area contributed by atoms with Crippen LogP contribution in [0.2, 0.25) is 0 Å². The fourth-order valence-electron chi connectivity index (χ4n) is 2.80. The number of carbonyl (C=O) groups is 1. The van der Waals surface area contributed by atoms with Crippen molar-refractivity contribution in [1.82, 2.24) is 4.98 Å². The average Bonchev–Trinajstić information content (AvgIpc) is 3.02. The van der Waals surface area contributed by atoms with E-state index in [0.29, 0.717) is 17.3 Å². The highest BCUT2D eigenvalue weighted by Crippen LogP contribution is 2.23. The minimum atomic E-state index is -1.37. The lowest BCUT2D eigenvalue weighted by Crippen LogP contribution is -2.20. The van der Waals surface area contributed by atoms with Gasteiger partial charge in [0.25, 0.3) is 0 Å². The fourth-order valence-corrected chi connectivity index (χ4v) is 3.84. The number of hydrogen-bond acceptors (Lipinski definition) is 4. The lowest BCUT2D eigenvalue weighted by molar-refractivity contribution is -0.113. The first kappa shape index (κ1) is 20.0. The topological polar surface area (TPSA) is 72.2 Å². The molecule has 2 aromatic carbocycles. The van der Waals surface area contributed by atoms with Gasteiger partial charge >= 0.3 is 0 Å². The fraction of sp³-hybridized carbons (Fsp3) is 0.273. The highest BCUT2D eigenvalue weighted by molar-refractivity contribution is 7.84. The van der Waals surface area contributed by atoms with Crippen LogP contribution in [0.5, 0.6) is 0 Å². The van der Waals surface area contributed by atoms with Crippen LogP contribution >= 0.6 is 0 Å². The molecule has 1 N–H and O–H groups in total. The van der Waals surface area contributed by atoms with E-state index >= 15 is 0 Å². The normalized spacial score (nSPS) is 12.0. The molecule has 146 valence electrons. The lowest BCUT2D eigenvalue weighted by Gasteiger charge is -2.06. The molecule has 6 heteroatoms. The molecule has 0 saturated carbocycles. The molecule has 1 atom stereocenters. The highest BCUT2D eigenvalue weighted by Gasteiger charge is 2.16. The molecule has 1 aromatic heterocycles. The number of nitrogens with zero attached hydrogens (tertiary/aromatic N) is 1. The number of aryl methyl sites for hydroxylation is 3. The van der Waals surface area contributed by atoms with Gasteiger partial charge in [-0.3, -0.25) is 9.00 Å². The summed E-state index contributed by atoms with van der Waals surface area (Å²) >= 11 is 0. The van der Waals surface area contributed by atoms with E-state index in [-0.39, 0.29) is 17.4 Å². The average molecular weight is 397 g/mol. The van der Waals surface area contributed by atoms with Crippen LogP contribution < -0.4 is 5.32 Å². The molecule has 0 spiro atoms. The molecule has 0 saturated heterocycles. The van der Waals surface area contributed by atoms with Gasteiger partial charge in [0.2, 0.25) is 11.8 Å². The van der Waals surface area contributed by atoms with Gasteiger partial charge in [-0.05, 0) is 50.1 Å². The van der Waals surface area contributed by atoms with E-state index in [9.17, 15) is 9.00 Å². The minimum absolute atomic E-state index is 0.0808. The van der Waals surface area contributed by atoms with Crippen molar-refractivity contribution >= 4 is 22.4 Å². The van der Waals surface area contributed by atoms with Gasteiger partial charge in [-0.2, -0.15) is 0 Å². The van der Waals surface area contributed by atoms with Crippen molar-refractivity contribution in [1.29, 1.82) is 0 Å². The first-order chi connectivity index (χ1) is 13.4. The SMILES string of the molecule is CCc1cccc(NC(=O)C[S@@](=O)Cc2nc(-c3ccc(C)cc3)oc2C)c1. The maximum absolute atomic E-state index is 12.4. The van der Waals surface area contributed by atoms with Crippen LogP contribution in [0.3, 0.4) is 0 Å². The Balaban J connectivity index is 1.61. The van der Waals surface area contributed by atoms with E-state index in [1.807, 2.05) is 55.5 Å². The first-order valence-corrected chi connectivity index (χ1v) is 10.7. The summed E-state index contributed by atoms with van der Waals surface area (Å²) in [5.74, 6) is 0.961. The summed E-state index contributed by atoms with van der Waals surface area (Å²) in [6.45, 7) is 5.87. The maximum atomic E-state index is 12.4. The summed E-state index contributed by atoms with van der Waals surface area (Å²) in [5.41, 5.74) is 4.51. The van der Waals surface area contributed by atoms with Crippen LogP contribution in [0.4, 0.5) is 5.69 Å². The molecule has 1 heterocycles. The zero-order valence-corrected chi connectivity index (χ0v) is 17.1. The largest absolute Gasteiger partial charge is 0.441 e. The van der Waals surface area contributed by atoms with Crippen LogP contribution in [0.15, 0.2) is 52.9 Å². The standard InChI is InChI=1S/C22H24N2O3S/c1-4-17-6-5-7-19(12-17)23-21(25)14-28(26)13-20-16(3)27-22(24-20)18-10-8-15(2)9-11-18/h5-12H,4,13-14H2,1-3H3,(H,23,25)/t28-/m0/s1. The second-order valence-electron chi connectivity index (χ2n) is 6.72. The molecule has 0 unspecified atom stereocenters. The smallest absolute Gasteiger partial charge is 0.237 e. The van der Waals surface area contributed by atoms with Crippen LogP contribution in [0.25, 0.3) is 11.5 Å². The zero-order valence-electron chi connectivity index (χ0n) is 16.3. The number of rotatable bonds is 7. The van der Waals surface area contributed by atoms with Gasteiger partial charge in [0.1, 0.15) is 11.5 Å². The molecule has 0 bridgehead atoms. The number of anilines is 1. The van der Waals surface area contributed by atoms with Gasteiger partial charge in [0, 0.05) is 22.1 Å². The van der Waals surface area contributed by atoms with Crippen molar-refractivity contribution in [2.75, 3.05) is 11.1 Å². The molecule has 0 radical (unpaired) electrons. The monoisotopic (exact) mass is 396 g/mol. The van der Waals surface area contributed by atoms with Gasteiger partial charge in [-0.25, -0.2) is 4.98 Å². The van der Waals surface area contributed by atoms with Crippen LogP contribution in [0.1, 0.15) is 29.5 Å². The van der Waals surface area contributed by atoms with Crippen molar-refractivity contribution in [2.45, 2.75) is 32.9 Å². The van der Waals surface area contributed by atoms with E-state index < -0.39 is 10.8 Å². The molecule has 28 heavy (non-hydrogen) atoms. The Labute approximate surface area is 167 Å². The molecule has 0 fully saturated rings. The highest BCUT2D eigenvalue weighted by atomic mass is 32.2.